The maximum Gasteiger partial charge on any atom is 0.237 e. The van der Waals surface area contributed by atoms with E-state index in [4.69, 9.17) is 11.6 Å². The zero-order chi connectivity index (χ0) is 13.5. The van der Waals surface area contributed by atoms with Gasteiger partial charge >= 0.3 is 0 Å². The lowest BCUT2D eigenvalue weighted by Crippen LogP contribution is -2.32. The number of rotatable bonds is 5. The van der Waals surface area contributed by atoms with Crippen LogP contribution in [0.15, 0.2) is 24.3 Å². The number of amides is 2. The first kappa shape index (κ1) is 14.5. The second-order valence-electron chi connectivity index (χ2n) is 4.07. The average Bonchev–Trinajstić information content (AvgIpc) is 2.28. The van der Waals surface area contributed by atoms with Crippen molar-refractivity contribution in [3.8, 4) is 0 Å². The normalized spacial score (nSPS) is 11.7. The number of carbonyl (C=O) groups is 2. The molecule has 0 aromatic heterocycles. The second kappa shape index (κ2) is 7.01. The van der Waals surface area contributed by atoms with Crippen molar-refractivity contribution in [3.63, 3.8) is 0 Å². The number of halogens is 1. The van der Waals surface area contributed by atoms with Gasteiger partial charge in [-0.05, 0) is 31.5 Å². The van der Waals surface area contributed by atoms with E-state index in [0.717, 1.165) is 11.3 Å². The molecule has 2 N–H and O–H groups in total. The number of hydrogen-bond acceptors (Lipinski definition) is 2. The molecule has 0 aliphatic heterocycles. The number of hydrogen-bond donors (Lipinski definition) is 2. The average molecular weight is 269 g/mol. The summed E-state index contributed by atoms with van der Waals surface area (Å²) < 4.78 is 0. The van der Waals surface area contributed by atoms with Gasteiger partial charge in [-0.25, -0.2) is 0 Å². The summed E-state index contributed by atoms with van der Waals surface area (Å²) in [5.74, 6) is -0.400. The van der Waals surface area contributed by atoms with Crippen molar-refractivity contribution < 1.29 is 9.59 Å². The molecule has 0 unspecified atom stereocenters. The molecular weight excluding hydrogens is 252 g/mol. The minimum absolute atomic E-state index is 0.136. The molecule has 0 spiro atoms. The van der Waals surface area contributed by atoms with Crippen LogP contribution < -0.4 is 10.6 Å². The first-order valence-corrected chi connectivity index (χ1v) is 6.21. The van der Waals surface area contributed by atoms with Gasteiger partial charge in [-0.3, -0.25) is 9.59 Å². The van der Waals surface area contributed by atoms with E-state index in [2.05, 4.69) is 10.6 Å². The summed E-state index contributed by atoms with van der Waals surface area (Å²) in [6.45, 7) is 3.83. The summed E-state index contributed by atoms with van der Waals surface area (Å²) in [6.07, 6.45) is 0.225. The molecule has 4 nitrogen and oxygen atoms in total. The van der Waals surface area contributed by atoms with Crippen LogP contribution in [0.5, 0.6) is 0 Å². The molecule has 1 aromatic carbocycles. The summed E-state index contributed by atoms with van der Waals surface area (Å²) in [7, 11) is 0. The highest BCUT2D eigenvalue weighted by atomic mass is 35.5. The van der Waals surface area contributed by atoms with E-state index in [1.807, 2.05) is 31.2 Å². The Morgan fingerprint density at radius 1 is 1.39 bits per heavy atom. The quantitative estimate of drug-likeness (QED) is 0.803. The minimum atomic E-state index is -0.579. The fourth-order valence-corrected chi connectivity index (χ4v) is 1.46. The molecule has 0 aliphatic carbocycles. The van der Waals surface area contributed by atoms with Crippen LogP contribution in [0.1, 0.15) is 18.9 Å². The topological polar surface area (TPSA) is 58.2 Å². The third kappa shape index (κ3) is 5.19. The first-order valence-electron chi connectivity index (χ1n) is 5.77. The fourth-order valence-electron chi connectivity index (χ4n) is 1.39. The molecule has 1 rings (SSSR count). The molecule has 0 radical (unpaired) electrons. The summed E-state index contributed by atoms with van der Waals surface area (Å²) in [6, 6.07) is 7.54. The Labute approximate surface area is 112 Å². The van der Waals surface area contributed by atoms with Gasteiger partial charge in [-0.2, -0.15) is 0 Å². The van der Waals surface area contributed by atoms with Crippen LogP contribution >= 0.6 is 11.6 Å². The zero-order valence-corrected chi connectivity index (χ0v) is 11.3. The van der Waals surface area contributed by atoms with Crippen LogP contribution in [0.25, 0.3) is 0 Å². The van der Waals surface area contributed by atoms with E-state index in [1.54, 1.807) is 6.92 Å². The molecular formula is C13H17ClN2O2. The van der Waals surface area contributed by atoms with Crippen LogP contribution in [0.3, 0.4) is 0 Å². The molecule has 0 fully saturated rings. The van der Waals surface area contributed by atoms with E-state index in [1.165, 1.54) is 0 Å². The lowest BCUT2D eigenvalue weighted by molar-refractivity contribution is -0.120. The summed E-state index contributed by atoms with van der Waals surface area (Å²) in [5.41, 5.74) is 1.84. The predicted octanol–water partition coefficient (Wildman–Crippen LogP) is 2.07. The van der Waals surface area contributed by atoms with Crippen molar-refractivity contribution in [3.05, 3.63) is 29.8 Å². The molecule has 0 saturated heterocycles. The van der Waals surface area contributed by atoms with E-state index in [-0.39, 0.29) is 24.8 Å². The maximum atomic E-state index is 11.6. The van der Waals surface area contributed by atoms with Gasteiger partial charge in [-0.1, -0.05) is 12.1 Å². The molecule has 1 atom stereocenters. The first-order chi connectivity index (χ1) is 8.49. The number of nitrogens with one attached hydrogen (secondary N) is 2. The predicted molar refractivity (Wildman–Crippen MR) is 72.8 cm³/mol. The van der Waals surface area contributed by atoms with Crippen LogP contribution in [0, 0.1) is 6.92 Å². The summed E-state index contributed by atoms with van der Waals surface area (Å²) in [5, 5.41) is 4.76. The lowest BCUT2D eigenvalue weighted by atomic mass is 10.2. The number of aryl methyl sites for hydroxylation is 1. The van der Waals surface area contributed by atoms with Gasteiger partial charge < -0.3 is 10.6 Å². The van der Waals surface area contributed by atoms with Crippen molar-refractivity contribution in [2.45, 2.75) is 25.6 Å². The van der Waals surface area contributed by atoms with Crippen LogP contribution in [0.2, 0.25) is 0 Å². The monoisotopic (exact) mass is 268 g/mol. The lowest BCUT2D eigenvalue weighted by Gasteiger charge is -2.08. The van der Waals surface area contributed by atoms with Gasteiger partial charge in [0.05, 0.1) is 0 Å². The largest absolute Gasteiger partial charge is 0.354 e. The van der Waals surface area contributed by atoms with Gasteiger partial charge in [0, 0.05) is 18.7 Å². The number of benzene rings is 1. The number of carbonyl (C=O) groups excluding carboxylic acids is 2. The molecule has 0 bridgehead atoms. The van der Waals surface area contributed by atoms with Crippen molar-refractivity contribution in [2.75, 3.05) is 11.9 Å². The highest BCUT2D eigenvalue weighted by Gasteiger charge is 2.09. The van der Waals surface area contributed by atoms with Gasteiger partial charge in [0.2, 0.25) is 11.8 Å². The Hall–Kier alpha value is -1.55. The van der Waals surface area contributed by atoms with E-state index in [9.17, 15) is 9.59 Å². The van der Waals surface area contributed by atoms with Crippen molar-refractivity contribution in [1.82, 2.24) is 5.32 Å². The standard InChI is InChI=1S/C13H17ClN2O2/c1-9-4-3-5-11(8-9)16-12(17)6-7-15-13(18)10(2)14/h3-5,8,10H,6-7H2,1-2H3,(H,15,18)(H,16,17)/t10-/m0/s1. The van der Waals surface area contributed by atoms with Crippen molar-refractivity contribution in [2.24, 2.45) is 0 Å². The Balaban J connectivity index is 2.32. The molecule has 5 heteroatoms. The minimum Gasteiger partial charge on any atom is -0.354 e. The fraction of sp³-hybridized carbons (Fsp3) is 0.385. The number of alkyl halides is 1. The highest BCUT2D eigenvalue weighted by Crippen LogP contribution is 2.09. The molecule has 0 heterocycles. The van der Waals surface area contributed by atoms with Crippen LogP contribution in [0.4, 0.5) is 5.69 Å². The summed E-state index contributed by atoms with van der Waals surface area (Å²) in [4.78, 5) is 22.7. The molecule has 98 valence electrons. The van der Waals surface area contributed by atoms with E-state index < -0.39 is 5.38 Å². The Bertz CT molecular complexity index is 433. The third-order valence-electron chi connectivity index (χ3n) is 2.31. The van der Waals surface area contributed by atoms with Gasteiger partial charge in [-0.15, -0.1) is 11.6 Å². The van der Waals surface area contributed by atoms with E-state index >= 15 is 0 Å². The Morgan fingerprint density at radius 3 is 2.72 bits per heavy atom. The maximum absolute atomic E-state index is 11.6. The Morgan fingerprint density at radius 2 is 2.11 bits per heavy atom. The Kier molecular flexibility index (Phi) is 5.65. The molecule has 18 heavy (non-hydrogen) atoms. The molecule has 2 amide bonds. The van der Waals surface area contributed by atoms with Crippen LogP contribution in [-0.4, -0.2) is 23.7 Å². The molecule has 0 saturated carbocycles. The zero-order valence-electron chi connectivity index (χ0n) is 10.5. The SMILES string of the molecule is Cc1cccc(NC(=O)CCNC(=O)[C@H](C)Cl)c1. The third-order valence-corrected chi connectivity index (χ3v) is 2.51. The summed E-state index contributed by atoms with van der Waals surface area (Å²) >= 11 is 5.58. The van der Waals surface area contributed by atoms with Gasteiger partial charge in [0.1, 0.15) is 5.38 Å². The highest BCUT2D eigenvalue weighted by molar-refractivity contribution is 6.30. The molecule has 0 aliphatic rings. The van der Waals surface area contributed by atoms with Gasteiger partial charge in [0.15, 0.2) is 0 Å². The van der Waals surface area contributed by atoms with Crippen LogP contribution in [-0.2, 0) is 9.59 Å². The smallest absolute Gasteiger partial charge is 0.237 e. The molecule has 1 aromatic rings. The number of anilines is 1. The van der Waals surface area contributed by atoms with Crippen molar-refractivity contribution in [1.29, 1.82) is 0 Å². The van der Waals surface area contributed by atoms with E-state index in [0.29, 0.717) is 0 Å². The van der Waals surface area contributed by atoms with Crippen molar-refractivity contribution >= 4 is 29.1 Å². The van der Waals surface area contributed by atoms with Gasteiger partial charge in [0.25, 0.3) is 0 Å². The second-order valence-corrected chi connectivity index (χ2v) is 4.73.